The molecule has 6 heteroatoms. The summed E-state index contributed by atoms with van der Waals surface area (Å²) in [5, 5.41) is 0. The molecule has 4 rings (SSSR count). The highest BCUT2D eigenvalue weighted by molar-refractivity contribution is 5.49. The van der Waals surface area contributed by atoms with E-state index in [9.17, 15) is 4.39 Å². The van der Waals surface area contributed by atoms with Crippen molar-refractivity contribution in [3.63, 3.8) is 0 Å². The standard InChI is InChI=1S/C20H23FN2O3/c1-15-20(13-25-14-20)26-8-7-23(15)18-9-17(10-22-19(18)21)12-24-11-16-5-3-2-4-6-16/h2-6,9-10,15H,7-8,11-14H2,1H3. The Hall–Kier alpha value is -2.02. The first kappa shape index (κ1) is 17.4. The van der Waals surface area contributed by atoms with Gasteiger partial charge in [-0.15, -0.1) is 0 Å². The zero-order valence-electron chi connectivity index (χ0n) is 14.9. The van der Waals surface area contributed by atoms with Crippen molar-refractivity contribution in [1.29, 1.82) is 0 Å². The lowest BCUT2D eigenvalue weighted by molar-refractivity contribution is -0.228. The van der Waals surface area contributed by atoms with Crippen molar-refractivity contribution in [1.82, 2.24) is 4.98 Å². The largest absolute Gasteiger partial charge is 0.375 e. The van der Waals surface area contributed by atoms with Gasteiger partial charge in [0.15, 0.2) is 0 Å². The van der Waals surface area contributed by atoms with Gasteiger partial charge in [-0.25, -0.2) is 4.98 Å². The Balaban J connectivity index is 1.46. The molecular formula is C20H23FN2O3. The van der Waals surface area contributed by atoms with Gasteiger partial charge in [-0.2, -0.15) is 4.39 Å². The summed E-state index contributed by atoms with van der Waals surface area (Å²) in [6.45, 7) is 5.26. The number of morpholine rings is 1. The van der Waals surface area contributed by atoms with E-state index in [0.29, 0.717) is 45.3 Å². The number of aromatic nitrogens is 1. The Morgan fingerprint density at radius 3 is 2.73 bits per heavy atom. The van der Waals surface area contributed by atoms with Crippen molar-refractivity contribution in [3.05, 3.63) is 59.7 Å². The lowest BCUT2D eigenvalue weighted by atomic mass is 9.90. The summed E-state index contributed by atoms with van der Waals surface area (Å²) in [6.07, 6.45) is 1.54. The fourth-order valence-corrected chi connectivity index (χ4v) is 3.52. The lowest BCUT2D eigenvalue weighted by Gasteiger charge is -2.53. The molecule has 0 saturated carbocycles. The van der Waals surface area contributed by atoms with Gasteiger partial charge in [-0.05, 0) is 24.1 Å². The Kier molecular flexibility index (Phi) is 4.89. The van der Waals surface area contributed by atoms with E-state index in [1.54, 1.807) is 0 Å². The number of anilines is 1. The molecule has 1 unspecified atom stereocenters. The number of hydrogen-bond donors (Lipinski definition) is 0. The van der Waals surface area contributed by atoms with Crippen LogP contribution in [0.1, 0.15) is 18.1 Å². The summed E-state index contributed by atoms with van der Waals surface area (Å²) in [4.78, 5) is 5.98. The number of pyridine rings is 1. The van der Waals surface area contributed by atoms with Crippen molar-refractivity contribution >= 4 is 5.69 Å². The molecule has 0 N–H and O–H groups in total. The maximum absolute atomic E-state index is 14.4. The summed E-state index contributed by atoms with van der Waals surface area (Å²) in [7, 11) is 0. The predicted molar refractivity (Wildman–Crippen MR) is 95.4 cm³/mol. The topological polar surface area (TPSA) is 43.8 Å². The second-order valence-electron chi connectivity index (χ2n) is 6.91. The zero-order valence-corrected chi connectivity index (χ0v) is 14.9. The molecule has 1 aromatic carbocycles. The number of rotatable bonds is 5. The Morgan fingerprint density at radius 1 is 1.23 bits per heavy atom. The van der Waals surface area contributed by atoms with E-state index < -0.39 is 5.95 Å². The third-order valence-corrected chi connectivity index (χ3v) is 5.21. The summed E-state index contributed by atoms with van der Waals surface area (Å²) in [6, 6.07) is 11.8. The maximum atomic E-state index is 14.4. The average Bonchev–Trinajstić information content (AvgIpc) is 2.63. The molecule has 0 radical (unpaired) electrons. The molecule has 2 aromatic rings. The van der Waals surface area contributed by atoms with Crippen LogP contribution < -0.4 is 4.90 Å². The van der Waals surface area contributed by atoms with Crippen LogP contribution in [0.5, 0.6) is 0 Å². The Morgan fingerprint density at radius 2 is 2.00 bits per heavy atom. The Bertz CT molecular complexity index is 752. The van der Waals surface area contributed by atoms with E-state index in [4.69, 9.17) is 14.2 Å². The fraction of sp³-hybridized carbons (Fsp3) is 0.450. The van der Waals surface area contributed by atoms with Crippen LogP contribution in [0.15, 0.2) is 42.6 Å². The number of halogens is 1. The van der Waals surface area contributed by atoms with Crippen LogP contribution >= 0.6 is 0 Å². The SMILES string of the molecule is CC1N(c2cc(COCc3ccccc3)cnc2F)CCOC12COC2. The molecule has 5 nitrogen and oxygen atoms in total. The predicted octanol–water partition coefficient (Wildman–Crippen LogP) is 2.93. The van der Waals surface area contributed by atoms with Crippen molar-refractivity contribution < 1.29 is 18.6 Å². The molecular weight excluding hydrogens is 335 g/mol. The molecule has 1 atom stereocenters. The average molecular weight is 358 g/mol. The smallest absolute Gasteiger partial charge is 0.236 e. The van der Waals surface area contributed by atoms with Crippen LogP contribution in [0.4, 0.5) is 10.1 Å². The molecule has 1 aromatic heterocycles. The van der Waals surface area contributed by atoms with Crippen molar-refractivity contribution in [2.75, 3.05) is 31.3 Å². The van der Waals surface area contributed by atoms with Crippen LogP contribution in [-0.2, 0) is 27.4 Å². The van der Waals surface area contributed by atoms with E-state index in [1.807, 2.05) is 41.3 Å². The van der Waals surface area contributed by atoms with Gasteiger partial charge in [0, 0.05) is 12.7 Å². The number of benzene rings is 1. The molecule has 2 saturated heterocycles. The number of hydrogen-bond acceptors (Lipinski definition) is 5. The molecule has 0 aliphatic carbocycles. The summed E-state index contributed by atoms with van der Waals surface area (Å²) in [5.74, 6) is -0.457. The molecule has 2 aliphatic heterocycles. The minimum Gasteiger partial charge on any atom is -0.375 e. The van der Waals surface area contributed by atoms with Gasteiger partial charge in [-0.1, -0.05) is 30.3 Å². The maximum Gasteiger partial charge on any atom is 0.236 e. The van der Waals surface area contributed by atoms with Crippen LogP contribution in [0.25, 0.3) is 0 Å². The first-order valence-corrected chi connectivity index (χ1v) is 8.92. The van der Waals surface area contributed by atoms with Gasteiger partial charge in [0.1, 0.15) is 5.60 Å². The minimum atomic E-state index is -0.457. The van der Waals surface area contributed by atoms with E-state index >= 15 is 0 Å². The van der Waals surface area contributed by atoms with Gasteiger partial charge in [0.05, 0.1) is 44.8 Å². The quantitative estimate of drug-likeness (QED) is 0.769. The van der Waals surface area contributed by atoms with E-state index in [-0.39, 0.29) is 11.6 Å². The van der Waals surface area contributed by atoms with Crippen LogP contribution in [0.3, 0.4) is 0 Å². The molecule has 0 bridgehead atoms. The first-order chi connectivity index (χ1) is 12.7. The second kappa shape index (κ2) is 7.31. The van der Waals surface area contributed by atoms with Gasteiger partial charge in [0.25, 0.3) is 0 Å². The summed E-state index contributed by atoms with van der Waals surface area (Å²) < 4.78 is 31.4. The molecule has 0 amide bonds. The van der Waals surface area contributed by atoms with Gasteiger partial charge in [-0.3, -0.25) is 0 Å². The van der Waals surface area contributed by atoms with Gasteiger partial charge < -0.3 is 19.1 Å². The summed E-state index contributed by atoms with van der Waals surface area (Å²) >= 11 is 0. The molecule has 2 fully saturated rings. The molecule has 26 heavy (non-hydrogen) atoms. The fourth-order valence-electron chi connectivity index (χ4n) is 3.52. The molecule has 3 heterocycles. The van der Waals surface area contributed by atoms with Crippen LogP contribution in [0, 0.1) is 5.95 Å². The highest BCUT2D eigenvalue weighted by Gasteiger charge is 2.50. The second-order valence-corrected chi connectivity index (χ2v) is 6.91. The van der Waals surface area contributed by atoms with Crippen molar-refractivity contribution in [3.8, 4) is 0 Å². The van der Waals surface area contributed by atoms with E-state index in [1.165, 1.54) is 6.20 Å². The Labute approximate surface area is 152 Å². The third kappa shape index (κ3) is 3.32. The molecule has 138 valence electrons. The highest BCUT2D eigenvalue weighted by atomic mass is 19.1. The normalized spacial score (nSPS) is 21.6. The molecule has 1 spiro atoms. The highest BCUT2D eigenvalue weighted by Crippen LogP contribution is 2.35. The van der Waals surface area contributed by atoms with Crippen LogP contribution in [-0.4, -0.2) is 43.0 Å². The van der Waals surface area contributed by atoms with E-state index in [0.717, 1.165) is 11.1 Å². The number of ether oxygens (including phenoxy) is 3. The zero-order chi connectivity index (χ0) is 18.0. The van der Waals surface area contributed by atoms with Crippen LogP contribution in [0.2, 0.25) is 0 Å². The lowest BCUT2D eigenvalue weighted by Crippen LogP contribution is -2.68. The van der Waals surface area contributed by atoms with Crippen molar-refractivity contribution in [2.45, 2.75) is 31.8 Å². The minimum absolute atomic E-state index is 0.0294. The van der Waals surface area contributed by atoms with Crippen molar-refractivity contribution in [2.24, 2.45) is 0 Å². The van der Waals surface area contributed by atoms with E-state index in [2.05, 4.69) is 11.9 Å². The monoisotopic (exact) mass is 358 g/mol. The number of nitrogens with zero attached hydrogens (tertiary/aromatic N) is 2. The summed E-state index contributed by atoms with van der Waals surface area (Å²) in [5.41, 5.74) is 2.14. The molecule has 2 aliphatic rings. The third-order valence-electron chi connectivity index (χ3n) is 5.21. The van der Waals surface area contributed by atoms with Gasteiger partial charge in [0.2, 0.25) is 5.95 Å². The van der Waals surface area contributed by atoms with Gasteiger partial charge >= 0.3 is 0 Å². The first-order valence-electron chi connectivity index (χ1n) is 8.92.